The van der Waals surface area contributed by atoms with E-state index >= 15 is 0 Å². The normalized spacial score (nSPS) is 23.5. The van der Waals surface area contributed by atoms with E-state index in [4.69, 9.17) is 0 Å². The summed E-state index contributed by atoms with van der Waals surface area (Å²) in [6.07, 6.45) is 3.24. The lowest BCUT2D eigenvalue weighted by Crippen LogP contribution is -2.68. The maximum Gasteiger partial charge on any atom is 0.408 e. The summed E-state index contributed by atoms with van der Waals surface area (Å²) in [5.74, 6) is -0.138. The first-order valence-electron chi connectivity index (χ1n) is 7.56. The van der Waals surface area contributed by atoms with Gasteiger partial charge in [-0.05, 0) is 31.1 Å². The van der Waals surface area contributed by atoms with Crippen LogP contribution < -0.4 is 5.32 Å². The minimum atomic E-state index is -0.995. The van der Waals surface area contributed by atoms with Crippen LogP contribution in [0.1, 0.15) is 59.8 Å². The SMILES string of the molecule is CCCCNC(=O)C1(C(C)(C)C)CCCCN1C(=O)O. The van der Waals surface area contributed by atoms with Gasteiger partial charge in [0.1, 0.15) is 5.54 Å². The van der Waals surface area contributed by atoms with Crippen LogP contribution >= 0.6 is 0 Å². The molecule has 0 bridgehead atoms. The molecule has 1 rings (SSSR count). The van der Waals surface area contributed by atoms with E-state index in [2.05, 4.69) is 12.2 Å². The molecule has 0 aliphatic carbocycles. The molecule has 1 heterocycles. The summed E-state index contributed by atoms with van der Waals surface area (Å²) in [6.45, 7) is 8.97. The fourth-order valence-corrected chi connectivity index (χ4v) is 3.12. The Kier molecular flexibility index (Phi) is 5.42. The molecule has 116 valence electrons. The van der Waals surface area contributed by atoms with Gasteiger partial charge in [0.15, 0.2) is 0 Å². The van der Waals surface area contributed by atoms with E-state index in [-0.39, 0.29) is 5.91 Å². The third kappa shape index (κ3) is 3.07. The average Bonchev–Trinajstić information content (AvgIpc) is 2.37. The standard InChI is InChI=1S/C15H28N2O3/c1-5-6-10-16-12(18)15(14(2,3)4)9-7-8-11-17(15)13(19)20/h5-11H2,1-4H3,(H,16,18)(H,19,20). The summed E-state index contributed by atoms with van der Waals surface area (Å²) in [4.78, 5) is 25.7. The Labute approximate surface area is 121 Å². The van der Waals surface area contributed by atoms with E-state index < -0.39 is 17.0 Å². The molecule has 1 unspecified atom stereocenters. The van der Waals surface area contributed by atoms with Crippen LogP contribution in [0.5, 0.6) is 0 Å². The number of rotatable bonds is 4. The van der Waals surface area contributed by atoms with Gasteiger partial charge < -0.3 is 10.4 Å². The summed E-state index contributed by atoms with van der Waals surface area (Å²) >= 11 is 0. The highest BCUT2D eigenvalue weighted by molar-refractivity contribution is 5.90. The largest absolute Gasteiger partial charge is 0.465 e. The van der Waals surface area contributed by atoms with Gasteiger partial charge in [-0.1, -0.05) is 34.1 Å². The molecule has 0 aromatic heterocycles. The van der Waals surface area contributed by atoms with Crippen molar-refractivity contribution in [3.8, 4) is 0 Å². The lowest BCUT2D eigenvalue weighted by atomic mass is 9.67. The maximum atomic E-state index is 12.7. The molecule has 5 heteroatoms. The molecule has 0 aromatic carbocycles. The summed E-state index contributed by atoms with van der Waals surface area (Å²) < 4.78 is 0. The third-order valence-electron chi connectivity index (χ3n) is 4.29. The van der Waals surface area contributed by atoms with Gasteiger partial charge in [0.05, 0.1) is 0 Å². The van der Waals surface area contributed by atoms with Crippen molar-refractivity contribution < 1.29 is 14.7 Å². The monoisotopic (exact) mass is 284 g/mol. The molecule has 1 atom stereocenters. The van der Waals surface area contributed by atoms with Crippen molar-refractivity contribution in [1.29, 1.82) is 0 Å². The number of hydrogen-bond acceptors (Lipinski definition) is 2. The van der Waals surface area contributed by atoms with Crippen LogP contribution in [-0.4, -0.2) is 40.6 Å². The van der Waals surface area contributed by atoms with Gasteiger partial charge >= 0.3 is 6.09 Å². The van der Waals surface area contributed by atoms with E-state index in [1.807, 2.05) is 20.8 Å². The number of hydrogen-bond donors (Lipinski definition) is 2. The first-order chi connectivity index (χ1) is 9.27. The van der Waals surface area contributed by atoms with E-state index in [1.54, 1.807) is 0 Å². The Morgan fingerprint density at radius 1 is 1.30 bits per heavy atom. The van der Waals surface area contributed by atoms with E-state index in [9.17, 15) is 14.7 Å². The highest BCUT2D eigenvalue weighted by atomic mass is 16.4. The molecule has 1 saturated heterocycles. The van der Waals surface area contributed by atoms with Crippen LogP contribution in [-0.2, 0) is 4.79 Å². The molecule has 20 heavy (non-hydrogen) atoms. The molecule has 2 amide bonds. The van der Waals surface area contributed by atoms with Gasteiger partial charge in [0.25, 0.3) is 0 Å². The lowest BCUT2D eigenvalue weighted by Gasteiger charge is -2.52. The van der Waals surface area contributed by atoms with Gasteiger partial charge in [0.2, 0.25) is 5.91 Å². The van der Waals surface area contributed by atoms with Crippen LogP contribution in [0.3, 0.4) is 0 Å². The van der Waals surface area contributed by atoms with Gasteiger partial charge in [0, 0.05) is 13.1 Å². The first kappa shape index (κ1) is 16.8. The number of likely N-dealkylation sites (tertiary alicyclic amines) is 1. The Bertz CT molecular complexity index is 363. The molecular formula is C15H28N2O3. The van der Waals surface area contributed by atoms with Gasteiger partial charge in [-0.25, -0.2) is 4.79 Å². The predicted octanol–water partition coefficient (Wildman–Crippen LogP) is 2.85. The minimum absolute atomic E-state index is 0.138. The second kappa shape index (κ2) is 6.46. The van der Waals surface area contributed by atoms with Gasteiger partial charge in [-0.15, -0.1) is 0 Å². The second-order valence-electron chi connectivity index (χ2n) is 6.61. The zero-order valence-corrected chi connectivity index (χ0v) is 13.2. The molecule has 0 aromatic rings. The lowest BCUT2D eigenvalue weighted by molar-refractivity contribution is -0.143. The van der Waals surface area contributed by atoms with Crippen LogP contribution in [0, 0.1) is 5.41 Å². The molecule has 1 aliphatic rings. The fourth-order valence-electron chi connectivity index (χ4n) is 3.12. The number of piperidine rings is 1. The fraction of sp³-hybridized carbons (Fsp3) is 0.867. The number of unbranched alkanes of at least 4 members (excludes halogenated alkanes) is 1. The molecule has 1 aliphatic heterocycles. The van der Waals surface area contributed by atoms with E-state index in [1.165, 1.54) is 4.90 Å². The summed E-state index contributed by atoms with van der Waals surface area (Å²) in [6, 6.07) is 0. The quantitative estimate of drug-likeness (QED) is 0.780. The number of carbonyl (C=O) groups is 2. The summed E-state index contributed by atoms with van der Waals surface area (Å²) in [5.41, 5.74) is -1.38. The smallest absolute Gasteiger partial charge is 0.408 e. The maximum absolute atomic E-state index is 12.7. The van der Waals surface area contributed by atoms with Gasteiger partial charge in [-0.3, -0.25) is 9.69 Å². The molecule has 0 saturated carbocycles. The average molecular weight is 284 g/mol. The highest BCUT2D eigenvalue weighted by Crippen LogP contribution is 2.43. The van der Waals surface area contributed by atoms with Crippen LogP contribution in [0.2, 0.25) is 0 Å². The molecule has 2 N–H and O–H groups in total. The van der Waals surface area contributed by atoms with Gasteiger partial charge in [-0.2, -0.15) is 0 Å². The number of nitrogens with one attached hydrogen (secondary N) is 1. The zero-order chi connectivity index (χ0) is 15.4. The van der Waals surface area contributed by atoms with Crippen molar-refractivity contribution in [2.24, 2.45) is 5.41 Å². The Morgan fingerprint density at radius 2 is 1.95 bits per heavy atom. The van der Waals surface area contributed by atoms with Crippen molar-refractivity contribution >= 4 is 12.0 Å². The predicted molar refractivity (Wildman–Crippen MR) is 78.7 cm³/mol. The molecule has 1 fully saturated rings. The number of carboxylic acid groups (broad SMARTS) is 1. The molecule has 0 spiro atoms. The van der Waals surface area contributed by atoms with E-state index in [0.29, 0.717) is 19.5 Å². The Hall–Kier alpha value is -1.26. The van der Waals surface area contributed by atoms with Crippen molar-refractivity contribution in [2.75, 3.05) is 13.1 Å². The molecule has 0 radical (unpaired) electrons. The van der Waals surface area contributed by atoms with Crippen molar-refractivity contribution in [2.45, 2.75) is 65.3 Å². The third-order valence-corrected chi connectivity index (χ3v) is 4.29. The Balaban J connectivity index is 3.07. The van der Waals surface area contributed by atoms with Crippen molar-refractivity contribution in [3.63, 3.8) is 0 Å². The number of carbonyl (C=O) groups excluding carboxylic acids is 1. The minimum Gasteiger partial charge on any atom is -0.465 e. The molecular weight excluding hydrogens is 256 g/mol. The summed E-state index contributed by atoms with van der Waals surface area (Å²) in [7, 11) is 0. The number of nitrogens with zero attached hydrogens (tertiary/aromatic N) is 1. The topological polar surface area (TPSA) is 69.6 Å². The van der Waals surface area contributed by atoms with Crippen LogP contribution in [0.4, 0.5) is 4.79 Å². The van der Waals surface area contributed by atoms with Crippen LogP contribution in [0.15, 0.2) is 0 Å². The van der Waals surface area contributed by atoms with Crippen LogP contribution in [0.25, 0.3) is 0 Å². The number of amides is 2. The Morgan fingerprint density at radius 3 is 2.45 bits per heavy atom. The summed E-state index contributed by atoms with van der Waals surface area (Å²) in [5, 5.41) is 12.4. The first-order valence-corrected chi connectivity index (χ1v) is 7.56. The highest BCUT2D eigenvalue weighted by Gasteiger charge is 2.55. The zero-order valence-electron chi connectivity index (χ0n) is 13.2. The molecule has 5 nitrogen and oxygen atoms in total. The van der Waals surface area contributed by atoms with Crippen molar-refractivity contribution in [3.05, 3.63) is 0 Å². The van der Waals surface area contributed by atoms with Crippen molar-refractivity contribution in [1.82, 2.24) is 10.2 Å². The second-order valence-corrected chi connectivity index (χ2v) is 6.61. The van der Waals surface area contributed by atoms with E-state index in [0.717, 1.165) is 25.7 Å².